The zero-order valence-corrected chi connectivity index (χ0v) is 14.1. The van der Waals surface area contributed by atoms with E-state index in [1.54, 1.807) is 4.90 Å². The van der Waals surface area contributed by atoms with Crippen molar-refractivity contribution in [1.82, 2.24) is 5.32 Å². The Kier molecular flexibility index (Phi) is 6.02. The molecule has 0 fully saturated rings. The minimum atomic E-state index is 0. The standard InChI is InChI=1S/C18H21N3O.ClH/c1-20(16-8-3-2-4-9-16)18(22)14-21-12-11-19-13-15-7-5-6-10-17(15)21;/h2-10,19H,11-14H2,1H3;1H. The molecule has 3 rings (SSSR count). The molecule has 0 saturated heterocycles. The third-order valence-electron chi connectivity index (χ3n) is 4.05. The van der Waals surface area contributed by atoms with Crippen molar-refractivity contribution in [2.24, 2.45) is 0 Å². The highest BCUT2D eigenvalue weighted by atomic mass is 35.5. The Hall–Kier alpha value is -2.04. The van der Waals surface area contributed by atoms with E-state index in [4.69, 9.17) is 0 Å². The second-order valence-electron chi connectivity index (χ2n) is 5.52. The van der Waals surface area contributed by atoms with Crippen LogP contribution in [-0.4, -0.2) is 32.6 Å². The number of nitrogens with one attached hydrogen (secondary N) is 1. The molecule has 0 atom stereocenters. The number of amides is 1. The number of likely N-dealkylation sites (N-methyl/N-ethyl adjacent to an activating group) is 1. The molecule has 1 heterocycles. The van der Waals surface area contributed by atoms with Gasteiger partial charge in [-0.1, -0.05) is 36.4 Å². The second-order valence-corrected chi connectivity index (χ2v) is 5.52. The summed E-state index contributed by atoms with van der Waals surface area (Å²) in [7, 11) is 1.83. The fourth-order valence-electron chi connectivity index (χ4n) is 2.76. The number of benzene rings is 2. The summed E-state index contributed by atoms with van der Waals surface area (Å²) in [6.07, 6.45) is 0. The van der Waals surface area contributed by atoms with Gasteiger partial charge in [-0.15, -0.1) is 12.4 Å². The van der Waals surface area contributed by atoms with Crippen LogP contribution in [-0.2, 0) is 11.3 Å². The van der Waals surface area contributed by atoms with Gasteiger partial charge in [0.2, 0.25) is 5.91 Å². The minimum absolute atomic E-state index is 0. The van der Waals surface area contributed by atoms with E-state index in [9.17, 15) is 4.79 Å². The van der Waals surface area contributed by atoms with E-state index < -0.39 is 0 Å². The van der Waals surface area contributed by atoms with Crippen molar-refractivity contribution in [3.63, 3.8) is 0 Å². The number of nitrogens with zero attached hydrogens (tertiary/aromatic N) is 2. The van der Waals surface area contributed by atoms with Crippen LogP contribution in [0.3, 0.4) is 0 Å². The molecule has 0 aromatic heterocycles. The van der Waals surface area contributed by atoms with Gasteiger partial charge in [0, 0.05) is 38.1 Å². The van der Waals surface area contributed by atoms with Gasteiger partial charge in [0.25, 0.3) is 0 Å². The van der Waals surface area contributed by atoms with Crippen LogP contribution in [0.4, 0.5) is 11.4 Å². The average Bonchev–Trinajstić information content (AvgIpc) is 2.77. The van der Waals surface area contributed by atoms with Crippen molar-refractivity contribution in [3.8, 4) is 0 Å². The predicted molar refractivity (Wildman–Crippen MR) is 97.5 cm³/mol. The van der Waals surface area contributed by atoms with Crippen LogP contribution in [0.2, 0.25) is 0 Å². The number of para-hydroxylation sites is 2. The Morgan fingerprint density at radius 3 is 2.61 bits per heavy atom. The molecule has 0 saturated carbocycles. The molecular weight excluding hydrogens is 310 g/mol. The van der Waals surface area contributed by atoms with Crippen LogP contribution < -0.4 is 15.1 Å². The molecule has 0 aliphatic carbocycles. The van der Waals surface area contributed by atoms with Crippen molar-refractivity contribution in [3.05, 3.63) is 60.2 Å². The Labute approximate surface area is 143 Å². The molecule has 2 aromatic carbocycles. The molecule has 0 spiro atoms. The van der Waals surface area contributed by atoms with E-state index in [1.165, 1.54) is 5.56 Å². The number of fused-ring (bicyclic) bond motifs is 1. The van der Waals surface area contributed by atoms with E-state index in [1.807, 2.05) is 49.5 Å². The molecule has 4 nitrogen and oxygen atoms in total. The molecular formula is C18H22ClN3O. The van der Waals surface area contributed by atoms with Crippen molar-refractivity contribution in [2.45, 2.75) is 6.54 Å². The first-order chi connectivity index (χ1) is 10.8. The molecule has 1 amide bonds. The van der Waals surface area contributed by atoms with E-state index in [2.05, 4.69) is 22.3 Å². The van der Waals surface area contributed by atoms with Gasteiger partial charge >= 0.3 is 0 Å². The van der Waals surface area contributed by atoms with Crippen molar-refractivity contribution in [2.75, 3.05) is 36.5 Å². The fourth-order valence-corrected chi connectivity index (χ4v) is 2.76. The molecule has 1 aliphatic heterocycles. The quantitative estimate of drug-likeness (QED) is 0.939. The number of halogens is 1. The van der Waals surface area contributed by atoms with Crippen LogP contribution in [0.25, 0.3) is 0 Å². The number of carbonyl (C=O) groups is 1. The maximum absolute atomic E-state index is 12.6. The Balaban J connectivity index is 0.00000192. The first-order valence-electron chi connectivity index (χ1n) is 7.61. The van der Waals surface area contributed by atoms with Gasteiger partial charge in [0.05, 0.1) is 6.54 Å². The van der Waals surface area contributed by atoms with Gasteiger partial charge in [-0.05, 0) is 23.8 Å². The van der Waals surface area contributed by atoms with Gasteiger partial charge in [-0.25, -0.2) is 0 Å². The van der Waals surface area contributed by atoms with E-state index >= 15 is 0 Å². The summed E-state index contributed by atoms with van der Waals surface area (Å²) < 4.78 is 0. The summed E-state index contributed by atoms with van der Waals surface area (Å²) in [5, 5.41) is 3.40. The third kappa shape index (κ3) is 4.03. The number of rotatable bonds is 3. The molecule has 2 aromatic rings. The number of hydrogen-bond acceptors (Lipinski definition) is 3. The predicted octanol–water partition coefficient (Wildman–Crippen LogP) is 2.68. The maximum atomic E-state index is 12.6. The maximum Gasteiger partial charge on any atom is 0.246 e. The fraction of sp³-hybridized carbons (Fsp3) is 0.278. The average molecular weight is 332 g/mol. The summed E-state index contributed by atoms with van der Waals surface area (Å²) >= 11 is 0. The highest BCUT2D eigenvalue weighted by Crippen LogP contribution is 2.22. The van der Waals surface area contributed by atoms with Gasteiger partial charge in [0.15, 0.2) is 0 Å². The Morgan fingerprint density at radius 2 is 1.83 bits per heavy atom. The molecule has 122 valence electrons. The number of hydrogen-bond donors (Lipinski definition) is 1. The summed E-state index contributed by atoms with van der Waals surface area (Å²) in [6.45, 7) is 2.97. The topological polar surface area (TPSA) is 35.6 Å². The van der Waals surface area contributed by atoms with E-state index in [-0.39, 0.29) is 18.3 Å². The van der Waals surface area contributed by atoms with Crippen LogP contribution in [0.1, 0.15) is 5.56 Å². The van der Waals surface area contributed by atoms with Gasteiger partial charge < -0.3 is 15.1 Å². The summed E-state index contributed by atoms with van der Waals surface area (Å²) in [5.74, 6) is 0.0999. The van der Waals surface area contributed by atoms with Crippen molar-refractivity contribution < 1.29 is 4.79 Å². The molecule has 23 heavy (non-hydrogen) atoms. The summed E-state index contributed by atoms with van der Waals surface area (Å²) in [4.78, 5) is 16.5. The van der Waals surface area contributed by atoms with Gasteiger partial charge in [0.1, 0.15) is 0 Å². The zero-order valence-electron chi connectivity index (χ0n) is 13.2. The summed E-state index contributed by atoms with van der Waals surface area (Å²) in [5.41, 5.74) is 3.33. The van der Waals surface area contributed by atoms with Crippen LogP contribution in [0, 0.1) is 0 Å². The monoisotopic (exact) mass is 331 g/mol. The van der Waals surface area contributed by atoms with E-state index in [0.29, 0.717) is 6.54 Å². The van der Waals surface area contributed by atoms with E-state index in [0.717, 1.165) is 31.0 Å². The lowest BCUT2D eigenvalue weighted by Gasteiger charge is -2.26. The van der Waals surface area contributed by atoms with Crippen LogP contribution in [0.5, 0.6) is 0 Å². The highest BCUT2D eigenvalue weighted by Gasteiger charge is 2.19. The normalized spacial score (nSPS) is 13.5. The molecule has 1 N–H and O–H groups in total. The third-order valence-corrected chi connectivity index (χ3v) is 4.05. The SMILES string of the molecule is CN(C(=O)CN1CCNCc2ccccc21)c1ccccc1.Cl. The first-order valence-corrected chi connectivity index (χ1v) is 7.61. The molecule has 0 radical (unpaired) electrons. The molecule has 0 bridgehead atoms. The number of anilines is 2. The van der Waals surface area contributed by atoms with Crippen molar-refractivity contribution >= 4 is 29.7 Å². The first kappa shape index (κ1) is 17.3. The molecule has 0 unspecified atom stereocenters. The lowest BCUT2D eigenvalue weighted by atomic mass is 10.1. The largest absolute Gasteiger partial charge is 0.361 e. The summed E-state index contributed by atoms with van der Waals surface area (Å²) in [6, 6.07) is 18.0. The van der Waals surface area contributed by atoms with Gasteiger partial charge in [-0.3, -0.25) is 4.79 Å². The van der Waals surface area contributed by atoms with Crippen molar-refractivity contribution in [1.29, 1.82) is 0 Å². The number of carbonyl (C=O) groups excluding carboxylic acids is 1. The molecule has 1 aliphatic rings. The Morgan fingerprint density at radius 1 is 1.13 bits per heavy atom. The lowest BCUT2D eigenvalue weighted by molar-refractivity contribution is -0.117. The van der Waals surface area contributed by atoms with Crippen LogP contribution >= 0.6 is 12.4 Å². The van der Waals surface area contributed by atoms with Gasteiger partial charge in [-0.2, -0.15) is 0 Å². The minimum Gasteiger partial charge on any atom is -0.361 e. The highest BCUT2D eigenvalue weighted by molar-refractivity contribution is 5.96. The molecule has 5 heteroatoms. The Bertz CT molecular complexity index is 648. The lowest BCUT2D eigenvalue weighted by Crippen LogP contribution is -2.40. The smallest absolute Gasteiger partial charge is 0.246 e. The zero-order chi connectivity index (χ0) is 15.4. The van der Waals surface area contributed by atoms with Crippen LogP contribution in [0.15, 0.2) is 54.6 Å². The second kappa shape index (κ2) is 7.99.